The summed E-state index contributed by atoms with van der Waals surface area (Å²) in [6.45, 7) is 3.85. The van der Waals surface area contributed by atoms with Gasteiger partial charge in [-0.3, -0.25) is 4.90 Å². The van der Waals surface area contributed by atoms with Crippen LogP contribution in [-0.4, -0.2) is 50.7 Å². The molecule has 0 aromatic heterocycles. The summed E-state index contributed by atoms with van der Waals surface area (Å²) in [5, 5.41) is 9.26. The highest BCUT2D eigenvalue weighted by molar-refractivity contribution is 7.89. The molecule has 0 saturated carbocycles. The van der Waals surface area contributed by atoms with E-state index in [-0.39, 0.29) is 23.1 Å². The van der Waals surface area contributed by atoms with E-state index in [4.69, 9.17) is 0 Å². The normalized spacial score (nSPS) is 19.3. The van der Waals surface area contributed by atoms with E-state index >= 15 is 0 Å². The first-order chi connectivity index (χ1) is 11.0. The van der Waals surface area contributed by atoms with E-state index in [0.29, 0.717) is 13.0 Å². The highest BCUT2D eigenvalue weighted by Crippen LogP contribution is 2.18. The summed E-state index contributed by atoms with van der Waals surface area (Å²) in [5.74, 6) is -0.517. The van der Waals surface area contributed by atoms with Gasteiger partial charge in [0.05, 0.1) is 11.5 Å². The first-order valence-electron chi connectivity index (χ1n) is 8.05. The highest BCUT2D eigenvalue weighted by Gasteiger charge is 2.23. The Bertz CT molecular complexity index is 622. The predicted molar refractivity (Wildman–Crippen MR) is 87.2 cm³/mol. The third-order valence-electron chi connectivity index (χ3n) is 4.38. The van der Waals surface area contributed by atoms with Crippen LogP contribution in [0.15, 0.2) is 23.1 Å². The number of aliphatic hydroxyl groups is 1. The molecule has 1 atom stereocenters. The van der Waals surface area contributed by atoms with Crippen molar-refractivity contribution in [3.8, 4) is 0 Å². The molecule has 0 amide bonds. The van der Waals surface area contributed by atoms with E-state index in [1.807, 2.05) is 0 Å². The van der Waals surface area contributed by atoms with Gasteiger partial charge in [0.1, 0.15) is 5.82 Å². The summed E-state index contributed by atoms with van der Waals surface area (Å²) in [5.41, 5.74) is 0.142. The minimum absolute atomic E-state index is 0.00242. The van der Waals surface area contributed by atoms with Gasteiger partial charge < -0.3 is 5.11 Å². The van der Waals surface area contributed by atoms with Gasteiger partial charge in [0.15, 0.2) is 0 Å². The van der Waals surface area contributed by atoms with Crippen molar-refractivity contribution in [1.82, 2.24) is 9.62 Å². The predicted octanol–water partition coefficient (Wildman–Crippen LogP) is 1.65. The zero-order valence-corrected chi connectivity index (χ0v) is 14.3. The standard InChI is InChI=1S/C16H25FN2O3S/c1-13-15(17)7-4-8-16(13)23(21,22)18-9-2-3-10-19-11-5-6-14(19)12-20/h4,7-8,14,18,20H,2-3,5-6,9-12H2,1H3. The van der Waals surface area contributed by atoms with E-state index < -0.39 is 15.8 Å². The Hall–Kier alpha value is -1.02. The number of nitrogens with zero attached hydrogens (tertiary/aromatic N) is 1. The van der Waals surface area contributed by atoms with Crippen molar-refractivity contribution in [2.75, 3.05) is 26.2 Å². The Morgan fingerprint density at radius 2 is 2.17 bits per heavy atom. The van der Waals surface area contributed by atoms with Gasteiger partial charge in [-0.15, -0.1) is 0 Å². The first-order valence-corrected chi connectivity index (χ1v) is 9.53. The van der Waals surface area contributed by atoms with Crippen LogP contribution < -0.4 is 4.72 Å². The van der Waals surface area contributed by atoms with Crippen LogP contribution in [0.4, 0.5) is 4.39 Å². The summed E-state index contributed by atoms with van der Waals surface area (Å²) < 4.78 is 40.4. The maximum absolute atomic E-state index is 13.5. The second-order valence-electron chi connectivity index (χ2n) is 5.98. The third kappa shape index (κ3) is 4.73. The fourth-order valence-corrected chi connectivity index (χ4v) is 4.33. The molecule has 1 aliphatic heterocycles. The molecule has 1 aromatic rings. The van der Waals surface area contributed by atoms with Crippen molar-refractivity contribution in [3.05, 3.63) is 29.6 Å². The minimum atomic E-state index is -3.67. The summed E-state index contributed by atoms with van der Waals surface area (Å²) in [6.07, 6.45) is 3.71. The fourth-order valence-electron chi connectivity index (χ4n) is 3.00. The number of halogens is 1. The lowest BCUT2D eigenvalue weighted by molar-refractivity contribution is 0.157. The van der Waals surface area contributed by atoms with Crippen molar-refractivity contribution in [2.24, 2.45) is 0 Å². The number of likely N-dealkylation sites (tertiary alicyclic amines) is 1. The fraction of sp³-hybridized carbons (Fsp3) is 0.625. The number of aliphatic hydroxyl groups excluding tert-OH is 1. The molecule has 0 radical (unpaired) electrons. The van der Waals surface area contributed by atoms with E-state index in [1.165, 1.54) is 25.1 Å². The lowest BCUT2D eigenvalue weighted by Gasteiger charge is -2.22. The molecule has 2 N–H and O–H groups in total. The van der Waals surface area contributed by atoms with Crippen molar-refractivity contribution in [3.63, 3.8) is 0 Å². The molecule has 0 aliphatic carbocycles. The topological polar surface area (TPSA) is 69.6 Å². The van der Waals surface area contributed by atoms with Crippen LogP contribution in [-0.2, 0) is 10.0 Å². The molecule has 23 heavy (non-hydrogen) atoms. The van der Waals surface area contributed by atoms with Gasteiger partial charge in [0.2, 0.25) is 10.0 Å². The molecule has 0 bridgehead atoms. The maximum Gasteiger partial charge on any atom is 0.240 e. The molecule has 1 unspecified atom stereocenters. The molecule has 5 nitrogen and oxygen atoms in total. The van der Waals surface area contributed by atoms with Crippen molar-refractivity contribution in [2.45, 2.75) is 43.5 Å². The van der Waals surface area contributed by atoms with Crippen LogP contribution in [0.5, 0.6) is 0 Å². The third-order valence-corrected chi connectivity index (χ3v) is 5.99. The summed E-state index contributed by atoms with van der Waals surface area (Å²) in [4.78, 5) is 2.25. The molecule has 130 valence electrons. The second-order valence-corrected chi connectivity index (χ2v) is 7.72. The van der Waals surface area contributed by atoms with Crippen LogP contribution in [0.25, 0.3) is 0 Å². The highest BCUT2D eigenvalue weighted by atomic mass is 32.2. The maximum atomic E-state index is 13.5. The van der Waals surface area contributed by atoms with Gasteiger partial charge in [-0.05, 0) is 57.8 Å². The number of sulfonamides is 1. The summed E-state index contributed by atoms with van der Waals surface area (Å²) in [6, 6.07) is 4.32. The second kappa shape index (κ2) is 8.19. The number of nitrogens with one attached hydrogen (secondary N) is 1. The van der Waals surface area contributed by atoms with Gasteiger partial charge in [-0.2, -0.15) is 0 Å². The number of rotatable bonds is 8. The Balaban J connectivity index is 1.78. The molecule has 0 spiro atoms. The Morgan fingerprint density at radius 3 is 2.91 bits per heavy atom. The number of hydrogen-bond acceptors (Lipinski definition) is 4. The van der Waals surface area contributed by atoms with Crippen LogP contribution in [0.1, 0.15) is 31.2 Å². The lowest BCUT2D eigenvalue weighted by Crippen LogP contribution is -2.33. The number of hydrogen-bond donors (Lipinski definition) is 2. The zero-order chi connectivity index (χ0) is 16.9. The van der Waals surface area contributed by atoms with Crippen molar-refractivity contribution in [1.29, 1.82) is 0 Å². The first kappa shape index (κ1) is 18.3. The molecule has 1 fully saturated rings. The average molecular weight is 344 g/mol. The van der Waals surface area contributed by atoms with Crippen LogP contribution >= 0.6 is 0 Å². The number of benzene rings is 1. The molecule has 1 aliphatic rings. The van der Waals surface area contributed by atoms with Crippen LogP contribution in [0, 0.1) is 12.7 Å². The van der Waals surface area contributed by atoms with Crippen LogP contribution in [0.2, 0.25) is 0 Å². The van der Waals surface area contributed by atoms with Gasteiger partial charge in [0, 0.05) is 18.2 Å². The lowest BCUT2D eigenvalue weighted by atomic mass is 10.2. The van der Waals surface area contributed by atoms with E-state index in [9.17, 15) is 17.9 Å². The monoisotopic (exact) mass is 344 g/mol. The quantitative estimate of drug-likeness (QED) is 0.704. The summed E-state index contributed by atoms with van der Waals surface area (Å²) >= 11 is 0. The molecule has 1 heterocycles. The van der Waals surface area contributed by atoms with E-state index in [1.54, 1.807) is 0 Å². The van der Waals surface area contributed by atoms with Crippen LogP contribution in [0.3, 0.4) is 0 Å². The smallest absolute Gasteiger partial charge is 0.240 e. The zero-order valence-electron chi connectivity index (χ0n) is 13.5. The molecular formula is C16H25FN2O3S. The molecule has 1 saturated heterocycles. The van der Waals surface area contributed by atoms with E-state index in [0.717, 1.165) is 32.4 Å². The molecule has 7 heteroatoms. The average Bonchev–Trinajstić information content (AvgIpc) is 2.97. The molecule has 1 aromatic carbocycles. The Kier molecular flexibility index (Phi) is 6.52. The largest absolute Gasteiger partial charge is 0.395 e. The SMILES string of the molecule is Cc1c(F)cccc1S(=O)(=O)NCCCCN1CCCC1CO. The number of unbranched alkanes of at least 4 members (excludes halogenated alkanes) is 1. The van der Waals surface area contributed by atoms with Crippen molar-refractivity contribution >= 4 is 10.0 Å². The summed E-state index contributed by atoms with van der Waals surface area (Å²) in [7, 11) is -3.67. The van der Waals surface area contributed by atoms with Gasteiger partial charge in [0.25, 0.3) is 0 Å². The Labute approximate surface area is 137 Å². The van der Waals surface area contributed by atoms with Gasteiger partial charge in [-0.1, -0.05) is 6.07 Å². The minimum Gasteiger partial charge on any atom is -0.395 e. The molecule has 2 rings (SSSR count). The van der Waals surface area contributed by atoms with E-state index in [2.05, 4.69) is 9.62 Å². The molecular weight excluding hydrogens is 319 g/mol. The Morgan fingerprint density at radius 1 is 1.39 bits per heavy atom. The van der Waals surface area contributed by atoms with Gasteiger partial charge >= 0.3 is 0 Å². The van der Waals surface area contributed by atoms with Gasteiger partial charge in [-0.25, -0.2) is 17.5 Å². The van der Waals surface area contributed by atoms with Crippen molar-refractivity contribution < 1.29 is 17.9 Å².